The molecule has 2 saturated heterocycles. The number of alkyl halides is 3. The number of hydrogen-bond donors (Lipinski definition) is 3. The first-order chi connectivity index (χ1) is 27.5. The topological polar surface area (TPSA) is 164 Å². The quantitative estimate of drug-likeness (QED) is 0.151. The van der Waals surface area contributed by atoms with Gasteiger partial charge in [0, 0.05) is 37.2 Å². The summed E-state index contributed by atoms with van der Waals surface area (Å²) < 4.78 is 43.7. The van der Waals surface area contributed by atoms with Gasteiger partial charge in [-0.1, -0.05) is 12.1 Å². The van der Waals surface area contributed by atoms with Crippen LogP contribution in [0, 0.1) is 5.92 Å². The Morgan fingerprint density at radius 3 is 2.41 bits per heavy atom. The number of amides is 3. The largest absolute Gasteiger partial charge is 0.434 e. The number of thiazole rings is 1. The molecule has 13 nitrogen and oxygen atoms in total. The predicted octanol–water partition coefficient (Wildman–Crippen LogP) is 6.37. The fraction of sp³-hybridized carbons (Fsp3) is 0.488. The smallest absolute Gasteiger partial charge is 0.386 e. The molecule has 1 saturated carbocycles. The van der Waals surface area contributed by atoms with Crippen molar-refractivity contribution in [3.8, 4) is 0 Å². The molecule has 17 heteroatoms. The van der Waals surface area contributed by atoms with Crippen molar-refractivity contribution in [3.63, 3.8) is 0 Å². The highest BCUT2D eigenvalue weighted by Crippen LogP contribution is 2.42. The van der Waals surface area contributed by atoms with Crippen molar-refractivity contribution in [2.75, 3.05) is 25.0 Å². The summed E-state index contributed by atoms with van der Waals surface area (Å²) in [7, 11) is 1.75. The van der Waals surface area contributed by atoms with Crippen LogP contribution in [-0.4, -0.2) is 71.4 Å². The number of likely N-dealkylation sites (tertiary alicyclic amines) is 1. The van der Waals surface area contributed by atoms with E-state index in [2.05, 4.69) is 31.6 Å². The Hall–Kier alpha value is -5.00. The van der Waals surface area contributed by atoms with Crippen molar-refractivity contribution in [2.45, 2.75) is 94.9 Å². The van der Waals surface area contributed by atoms with Crippen LogP contribution < -0.4 is 16.3 Å². The third-order valence-electron chi connectivity index (χ3n) is 12.0. The molecule has 3 amide bonds. The van der Waals surface area contributed by atoms with E-state index in [0.29, 0.717) is 29.6 Å². The highest BCUT2D eigenvalue weighted by atomic mass is 32.1. The van der Waals surface area contributed by atoms with Gasteiger partial charge in [-0.2, -0.15) is 13.2 Å². The van der Waals surface area contributed by atoms with E-state index < -0.39 is 41.0 Å². The number of fused-ring (bicyclic) bond motifs is 2. The molecule has 3 N–H and O–H groups in total. The average molecular weight is 819 g/mol. The minimum atomic E-state index is -4.75. The van der Waals surface area contributed by atoms with Gasteiger partial charge in [-0.25, -0.2) is 14.8 Å². The fourth-order valence-corrected chi connectivity index (χ4v) is 10.1. The van der Waals surface area contributed by atoms with E-state index in [1.807, 2.05) is 12.1 Å². The monoisotopic (exact) mass is 818 g/mol. The van der Waals surface area contributed by atoms with Crippen molar-refractivity contribution >= 4 is 56.0 Å². The highest BCUT2D eigenvalue weighted by Gasteiger charge is 2.35. The number of carbonyl (C=O) groups excluding carboxylic acids is 3. The van der Waals surface area contributed by atoms with Gasteiger partial charge in [-0.3, -0.25) is 33.8 Å². The van der Waals surface area contributed by atoms with Gasteiger partial charge in [0.05, 0.1) is 44.3 Å². The Morgan fingerprint density at radius 1 is 0.983 bits per heavy atom. The molecule has 0 radical (unpaired) electrons. The second kappa shape index (κ2) is 15.3. The van der Waals surface area contributed by atoms with Crippen LogP contribution in [0.5, 0.6) is 0 Å². The first-order valence-corrected chi connectivity index (χ1v) is 20.5. The number of nitrogens with one attached hydrogen (secondary N) is 2. The van der Waals surface area contributed by atoms with E-state index >= 15 is 0 Å². The number of para-hydroxylation sites is 1. The number of piperidine rings is 2. The highest BCUT2D eigenvalue weighted by molar-refractivity contribution is 7.18. The van der Waals surface area contributed by atoms with E-state index in [0.717, 1.165) is 90.7 Å². The van der Waals surface area contributed by atoms with Crippen LogP contribution in [0.2, 0.25) is 0 Å². The lowest BCUT2D eigenvalue weighted by Crippen LogP contribution is -2.44. The van der Waals surface area contributed by atoms with E-state index in [9.17, 15) is 37.5 Å². The van der Waals surface area contributed by atoms with Gasteiger partial charge < -0.3 is 15.3 Å². The molecule has 2 aromatic carbocycles. The summed E-state index contributed by atoms with van der Waals surface area (Å²) in [6.45, 7) is 6.05. The molecule has 3 fully saturated rings. The molecule has 5 aromatic rings. The number of imide groups is 1. The molecule has 1 unspecified atom stereocenters. The van der Waals surface area contributed by atoms with Crippen molar-refractivity contribution in [2.24, 2.45) is 13.0 Å². The van der Waals surface area contributed by atoms with Crippen LogP contribution in [0.3, 0.4) is 0 Å². The molecule has 3 aliphatic rings. The van der Waals surface area contributed by atoms with Gasteiger partial charge in [0.25, 0.3) is 5.91 Å². The Bertz CT molecular complexity index is 2470. The summed E-state index contributed by atoms with van der Waals surface area (Å²) in [6, 6.07) is 8.67. The zero-order valence-electron chi connectivity index (χ0n) is 32.4. The van der Waals surface area contributed by atoms with Crippen molar-refractivity contribution in [1.29, 1.82) is 0 Å². The number of hydrogen-bond acceptors (Lipinski definition) is 10. The molecular weight excluding hydrogens is 774 g/mol. The van der Waals surface area contributed by atoms with E-state index in [4.69, 9.17) is 4.98 Å². The molecule has 1 aliphatic carbocycles. The number of rotatable bonds is 8. The zero-order chi connectivity index (χ0) is 41.1. The Balaban J connectivity index is 0.897. The number of halogens is 3. The molecule has 8 rings (SSSR count). The minimum Gasteiger partial charge on any atom is -0.386 e. The van der Waals surface area contributed by atoms with Crippen molar-refractivity contribution in [1.82, 2.24) is 34.3 Å². The predicted molar refractivity (Wildman–Crippen MR) is 212 cm³/mol. The second-order valence-electron chi connectivity index (χ2n) is 16.4. The first-order valence-electron chi connectivity index (χ1n) is 19.7. The van der Waals surface area contributed by atoms with Gasteiger partial charge in [-0.15, -0.1) is 11.3 Å². The summed E-state index contributed by atoms with van der Waals surface area (Å²) in [5.41, 5.74) is 0.613. The molecule has 3 aromatic heterocycles. The van der Waals surface area contributed by atoms with E-state index in [-0.39, 0.29) is 35.5 Å². The van der Waals surface area contributed by atoms with E-state index in [1.54, 1.807) is 42.2 Å². The van der Waals surface area contributed by atoms with Gasteiger partial charge in [0.15, 0.2) is 5.69 Å². The van der Waals surface area contributed by atoms with Crippen molar-refractivity contribution in [3.05, 3.63) is 80.7 Å². The summed E-state index contributed by atoms with van der Waals surface area (Å²) in [4.78, 5) is 65.5. The maximum absolute atomic E-state index is 13.5. The van der Waals surface area contributed by atoms with Crippen LogP contribution in [0.15, 0.2) is 47.5 Å². The molecule has 0 bridgehead atoms. The van der Waals surface area contributed by atoms with Crippen molar-refractivity contribution < 1.29 is 32.7 Å². The number of carbonyl (C=O) groups is 3. The lowest BCUT2D eigenvalue weighted by molar-refractivity contribution is -0.141. The zero-order valence-corrected chi connectivity index (χ0v) is 33.3. The molecule has 1 atom stereocenters. The lowest BCUT2D eigenvalue weighted by Gasteiger charge is -2.36. The van der Waals surface area contributed by atoms with Crippen LogP contribution in [0.1, 0.15) is 115 Å². The minimum absolute atomic E-state index is 0.200. The summed E-state index contributed by atoms with van der Waals surface area (Å²) in [6.07, 6.45) is 3.28. The maximum atomic E-state index is 13.5. The molecule has 58 heavy (non-hydrogen) atoms. The number of imidazole rings is 1. The lowest BCUT2D eigenvalue weighted by atomic mass is 9.81. The fourth-order valence-electron chi connectivity index (χ4n) is 8.99. The molecule has 0 spiro atoms. The van der Waals surface area contributed by atoms with Gasteiger partial charge in [-0.05, 0) is 107 Å². The standard InChI is InChI=1S/C41H45F3N8O5S/c1-40(2,57)26-17-28-32(18-27(26)47-36(54)29-19-45-20-33(46-29)41(42,43)44)58-38(48-28)24-9-7-22(8-10-24)21-51-15-13-23(14-16-51)25-5-4-6-30-35(25)50(3)39(56)52(30)31-11-12-34(53)49-37(31)55/h4-6,17-20,22-24,31,57H,7-16,21H2,1-3H3,(H,47,54)(H,49,53,55). The summed E-state index contributed by atoms with van der Waals surface area (Å²) in [5, 5.41) is 17.0. The van der Waals surface area contributed by atoms with Crippen LogP contribution in [0.4, 0.5) is 18.9 Å². The van der Waals surface area contributed by atoms with E-state index in [1.165, 1.54) is 11.3 Å². The third kappa shape index (κ3) is 7.78. The normalized spacial score (nSPS) is 21.5. The SMILES string of the molecule is Cn1c(=O)n(C2CCC(=O)NC2=O)c2cccc(C3CCN(CC4CCC(c5nc6cc(C(C)(C)O)c(NC(=O)c7cncc(C(F)(F)F)n7)cc6s5)CC4)CC3)c21. The number of aromatic nitrogens is 5. The maximum Gasteiger partial charge on any atom is 0.434 e. The number of anilines is 1. The summed E-state index contributed by atoms with van der Waals surface area (Å²) in [5.74, 6) is -0.528. The molecule has 2 aliphatic heterocycles. The van der Waals surface area contributed by atoms with Crippen LogP contribution >= 0.6 is 11.3 Å². The molecule has 5 heterocycles. The Morgan fingerprint density at radius 2 is 1.72 bits per heavy atom. The average Bonchev–Trinajstić information content (AvgIpc) is 3.72. The van der Waals surface area contributed by atoms with Crippen LogP contribution in [-0.2, 0) is 28.4 Å². The summed E-state index contributed by atoms with van der Waals surface area (Å²) >= 11 is 1.53. The molecule has 306 valence electrons. The number of nitrogens with zero attached hydrogens (tertiary/aromatic N) is 6. The first kappa shape index (κ1) is 39.8. The number of aryl methyl sites for hydroxylation is 1. The van der Waals surface area contributed by atoms with Gasteiger partial charge in [0.2, 0.25) is 11.8 Å². The second-order valence-corrected chi connectivity index (χ2v) is 17.5. The third-order valence-corrected chi connectivity index (χ3v) is 13.2. The van der Waals surface area contributed by atoms with Gasteiger partial charge in [0.1, 0.15) is 11.7 Å². The van der Waals surface area contributed by atoms with Crippen LogP contribution in [0.25, 0.3) is 21.3 Å². The molecular formula is C41H45F3N8O5S. The number of benzene rings is 2. The Labute approximate surface area is 335 Å². The van der Waals surface area contributed by atoms with Gasteiger partial charge >= 0.3 is 11.9 Å². The Kier molecular flexibility index (Phi) is 10.5. The number of aliphatic hydroxyl groups is 1.